The van der Waals surface area contributed by atoms with Gasteiger partial charge < -0.3 is 25.8 Å². The number of pyridine rings is 1. The number of carbonyl (C=O) groups is 2. The zero-order chi connectivity index (χ0) is 39.7. The van der Waals surface area contributed by atoms with E-state index in [-0.39, 0.29) is 30.7 Å². The Balaban J connectivity index is 0.966. The Morgan fingerprint density at radius 3 is 2.47 bits per heavy atom. The fourth-order valence-electron chi connectivity index (χ4n) is 8.70. The predicted molar refractivity (Wildman–Crippen MR) is 220 cm³/mol. The standard InChI is InChI=1S/C44H59FN8O4/c1-3-40-37(42(49-34-14-20-56-21-15-34)38-28-48-53(4-2)44(38)50-40)26-33(43(46)55)9-11-41(54)47-27-30-8-10-39(45)36(25-30)32-7-5-6-31(24-32)29-51-16-12-35(13-17-51)52-18-22-57-23-19-52/h5-8,10,24-25,28,33-35H,3-4,9,11-23,26-27,29H2,1-2H3,(H2,46,55)(H,47,54)(H,49,50). The van der Waals surface area contributed by atoms with Gasteiger partial charge in [-0.15, -0.1) is 0 Å². The quantitative estimate of drug-likeness (QED) is 0.136. The number of aromatic nitrogens is 3. The molecule has 2 aromatic heterocycles. The summed E-state index contributed by atoms with van der Waals surface area (Å²) in [5.41, 5.74) is 12.9. The summed E-state index contributed by atoms with van der Waals surface area (Å²) < 4.78 is 28.3. The van der Waals surface area contributed by atoms with E-state index in [1.54, 1.807) is 6.07 Å². The fraction of sp³-hybridized carbons (Fsp3) is 0.545. The molecule has 0 aliphatic carbocycles. The molecule has 13 heteroatoms. The number of hydrogen-bond donors (Lipinski definition) is 3. The van der Waals surface area contributed by atoms with Crippen LogP contribution in [0.3, 0.4) is 0 Å². The molecule has 3 aliphatic heterocycles. The molecule has 4 aromatic rings. The van der Waals surface area contributed by atoms with Crippen molar-refractivity contribution in [2.45, 2.75) is 96.9 Å². The lowest BCUT2D eigenvalue weighted by Gasteiger charge is -2.40. The molecule has 2 amide bonds. The van der Waals surface area contributed by atoms with Crippen LogP contribution in [0.2, 0.25) is 0 Å². The second kappa shape index (κ2) is 19.3. The van der Waals surface area contributed by atoms with Crippen LogP contribution >= 0.6 is 0 Å². The molecule has 0 radical (unpaired) electrons. The maximum atomic E-state index is 15.3. The van der Waals surface area contributed by atoms with E-state index >= 15 is 4.39 Å². The molecule has 7 rings (SSSR count). The van der Waals surface area contributed by atoms with E-state index in [4.69, 9.17) is 20.2 Å². The van der Waals surface area contributed by atoms with E-state index in [9.17, 15) is 9.59 Å². The molecule has 5 heterocycles. The largest absolute Gasteiger partial charge is 0.381 e. The number of primary amides is 1. The topological polar surface area (TPSA) is 140 Å². The number of nitrogens with zero attached hydrogens (tertiary/aromatic N) is 5. The van der Waals surface area contributed by atoms with E-state index < -0.39 is 11.8 Å². The van der Waals surface area contributed by atoms with Gasteiger partial charge in [-0.05, 0) is 105 Å². The van der Waals surface area contributed by atoms with E-state index in [2.05, 4.69) is 44.6 Å². The molecule has 1 unspecified atom stereocenters. The van der Waals surface area contributed by atoms with Crippen molar-refractivity contribution >= 4 is 28.5 Å². The summed E-state index contributed by atoms with van der Waals surface area (Å²) in [6, 6.07) is 14.0. The smallest absolute Gasteiger partial charge is 0.220 e. The molecule has 0 saturated carbocycles. The number of anilines is 1. The van der Waals surface area contributed by atoms with Crippen LogP contribution in [-0.4, -0.2) is 101 Å². The van der Waals surface area contributed by atoms with E-state index in [0.717, 1.165) is 116 Å². The number of halogens is 1. The molecule has 57 heavy (non-hydrogen) atoms. The summed E-state index contributed by atoms with van der Waals surface area (Å²) in [6.07, 6.45) is 7.36. The second-order valence-corrected chi connectivity index (χ2v) is 15.8. The SMILES string of the molecule is CCc1nc2c(cnn2CC)c(NC2CCOCC2)c1CC(CCC(=O)NCc1ccc(F)c(-c2cccc(CN3CCC(N4CCOCC4)CC3)c2)c1)C(N)=O. The van der Waals surface area contributed by atoms with Gasteiger partial charge in [0.05, 0.1) is 30.5 Å². The van der Waals surface area contributed by atoms with Gasteiger partial charge in [0.2, 0.25) is 11.8 Å². The molecule has 306 valence electrons. The Kier molecular flexibility index (Phi) is 13.8. The summed E-state index contributed by atoms with van der Waals surface area (Å²) in [4.78, 5) is 36.2. The van der Waals surface area contributed by atoms with Gasteiger partial charge in [-0.1, -0.05) is 31.2 Å². The number of fused-ring (bicyclic) bond motifs is 1. The zero-order valence-corrected chi connectivity index (χ0v) is 33.6. The number of nitrogens with two attached hydrogens (primary N) is 1. The highest BCUT2D eigenvalue weighted by Crippen LogP contribution is 2.34. The minimum atomic E-state index is -0.572. The third-order valence-electron chi connectivity index (χ3n) is 12.0. The highest BCUT2D eigenvalue weighted by atomic mass is 19.1. The fourth-order valence-corrected chi connectivity index (χ4v) is 8.70. The lowest BCUT2D eigenvalue weighted by Crippen LogP contribution is -2.48. The van der Waals surface area contributed by atoms with E-state index in [1.807, 2.05) is 36.0 Å². The number of likely N-dealkylation sites (tertiary alicyclic amines) is 1. The maximum Gasteiger partial charge on any atom is 0.220 e. The van der Waals surface area contributed by atoms with Crippen LogP contribution in [0, 0.1) is 11.7 Å². The molecule has 0 bridgehead atoms. The Hall–Kier alpha value is -4.43. The molecular formula is C44H59FN8O4. The number of carbonyl (C=O) groups excluding carboxylic acids is 2. The Bertz CT molecular complexity index is 1980. The number of nitrogens with one attached hydrogen (secondary N) is 2. The van der Waals surface area contributed by atoms with Crippen LogP contribution in [0.25, 0.3) is 22.2 Å². The first-order chi connectivity index (χ1) is 27.8. The van der Waals surface area contributed by atoms with Gasteiger partial charge in [-0.2, -0.15) is 5.10 Å². The Morgan fingerprint density at radius 1 is 0.965 bits per heavy atom. The van der Waals surface area contributed by atoms with Crippen molar-refractivity contribution in [1.29, 1.82) is 0 Å². The van der Waals surface area contributed by atoms with Gasteiger partial charge in [0.15, 0.2) is 5.65 Å². The molecular weight excluding hydrogens is 724 g/mol. The molecule has 3 aliphatic rings. The van der Waals surface area contributed by atoms with Crippen molar-refractivity contribution in [3.8, 4) is 11.1 Å². The first kappa shape index (κ1) is 40.8. The van der Waals surface area contributed by atoms with Crippen molar-refractivity contribution in [3.05, 3.63) is 76.9 Å². The molecule has 12 nitrogen and oxygen atoms in total. The number of aryl methyl sites for hydroxylation is 2. The van der Waals surface area contributed by atoms with Gasteiger partial charge in [-0.3, -0.25) is 19.4 Å². The van der Waals surface area contributed by atoms with Gasteiger partial charge in [-0.25, -0.2) is 14.1 Å². The van der Waals surface area contributed by atoms with Crippen LogP contribution in [-0.2, 0) is 51.5 Å². The van der Waals surface area contributed by atoms with Gasteiger partial charge in [0.1, 0.15) is 5.82 Å². The van der Waals surface area contributed by atoms with Crippen LogP contribution in [0.15, 0.2) is 48.7 Å². The third-order valence-corrected chi connectivity index (χ3v) is 12.0. The van der Waals surface area contributed by atoms with E-state index in [1.165, 1.54) is 6.07 Å². The lowest BCUT2D eigenvalue weighted by atomic mass is 9.90. The van der Waals surface area contributed by atoms with Crippen LogP contribution in [0.5, 0.6) is 0 Å². The number of morpholine rings is 1. The number of rotatable bonds is 16. The van der Waals surface area contributed by atoms with Crippen LogP contribution in [0.1, 0.15) is 74.8 Å². The number of benzene rings is 2. The Labute approximate surface area is 335 Å². The van der Waals surface area contributed by atoms with Gasteiger partial charge >= 0.3 is 0 Å². The molecule has 2 aromatic carbocycles. The average molecular weight is 783 g/mol. The van der Waals surface area contributed by atoms with Gasteiger partial charge in [0, 0.05) is 81.6 Å². The maximum absolute atomic E-state index is 15.3. The third kappa shape index (κ3) is 10.2. The molecule has 3 saturated heterocycles. The van der Waals surface area contributed by atoms with Crippen LogP contribution < -0.4 is 16.4 Å². The summed E-state index contributed by atoms with van der Waals surface area (Å²) >= 11 is 0. The lowest BCUT2D eigenvalue weighted by molar-refractivity contribution is -0.123. The second-order valence-electron chi connectivity index (χ2n) is 15.8. The number of amides is 2. The summed E-state index contributed by atoms with van der Waals surface area (Å²) in [7, 11) is 0. The zero-order valence-electron chi connectivity index (χ0n) is 33.6. The number of ether oxygens (including phenoxy) is 2. The predicted octanol–water partition coefficient (Wildman–Crippen LogP) is 5.45. The average Bonchev–Trinajstić information content (AvgIpc) is 3.66. The monoisotopic (exact) mass is 782 g/mol. The Morgan fingerprint density at radius 2 is 1.74 bits per heavy atom. The van der Waals surface area contributed by atoms with Crippen molar-refractivity contribution in [3.63, 3.8) is 0 Å². The highest BCUT2D eigenvalue weighted by Gasteiger charge is 2.28. The van der Waals surface area contributed by atoms with Crippen molar-refractivity contribution in [2.24, 2.45) is 11.7 Å². The first-order valence-corrected chi connectivity index (χ1v) is 21.0. The first-order valence-electron chi connectivity index (χ1n) is 21.0. The highest BCUT2D eigenvalue weighted by molar-refractivity contribution is 5.92. The molecule has 0 spiro atoms. The summed E-state index contributed by atoms with van der Waals surface area (Å²) in [5, 5.41) is 12.3. The van der Waals surface area contributed by atoms with Gasteiger partial charge in [0.25, 0.3) is 0 Å². The number of piperidine rings is 1. The molecule has 3 fully saturated rings. The van der Waals surface area contributed by atoms with Crippen LogP contribution in [0.4, 0.5) is 10.1 Å². The van der Waals surface area contributed by atoms with E-state index in [0.29, 0.717) is 50.6 Å². The molecule has 1 atom stereocenters. The minimum absolute atomic E-state index is 0.126. The summed E-state index contributed by atoms with van der Waals surface area (Å²) in [6.45, 7) is 13.0. The molecule has 4 N–H and O–H groups in total. The minimum Gasteiger partial charge on any atom is -0.381 e. The number of hydrogen-bond acceptors (Lipinski definition) is 9. The van der Waals surface area contributed by atoms with Crippen molar-refractivity contribution < 1.29 is 23.5 Å². The van der Waals surface area contributed by atoms with Crippen molar-refractivity contribution in [1.82, 2.24) is 29.9 Å². The summed E-state index contributed by atoms with van der Waals surface area (Å²) in [5.74, 6) is -1.52. The normalized spacial score (nSPS) is 18.2. The van der Waals surface area contributed by atoms with Crippen molar-refractivity contribution in [2.75, 3.05) is 57.9 Å².